The third kappa shape index (κ3) is 3.97. The highest BCUT2D eigenvalue weighted by atomic mass is 35.5. The Bertz CT molecular complexity index is 1310. The normalized spacial score (nSPS) is 17.7. The summed E-state index contributed by atoms with van der Waals surface area (Å²) < 4.78 is 2.05. The van der Waals surface area contributed by atoms with E-state index in [1.165, 1.54) is 0 Å². The maximum Gasteiger partial charge on any atom is 0.335 e. The Kier molecular flexibility index (Phi) is 5.58. The van der Waals surface area contributed by atoms with Crippen molar-refractivity contribution in [1.82, 2.24) is 14.9 Å². The summed E-state index contributed by atoms with van der Waals surface area (Å²) in [5.74, 6) is -0.955. The highest BCUT2D eigenvalue weighted by molar-refractivity contribution is 7.80. The van der Waals surface area contributed by atoms with E-state index in [0.717, 1.165) is 22.8 Å². The van der Waals surface area contributed by atoms with Crippen LogP contribution in [0.25, 0.3) is 5.69 Å². The number of aromatic nitrogens is 2. The lowest BCUT2D eigenvalue weighted by Crippen LogP contribution is -2.30. The SMILES string of the molecule is O=C(O)c1ccc(-n2cccc2[C@@H]2[C@H](c3ccccn3)NC(=S)N2c2ccc(Cl)cc2)cc1. The molecule has 6 nitrogen and oxygen atoms in total. The molecule has 0 amide bonds. The molecule has 0 bridgehead atoms. The third-order valence-corrected chi connectivity index (χ3v) is 6.25. The van der Waals surface area contributed by atoms with Gasteiger partial charge in [-0.15, -0.1) is 0 Å². The van der Waals surface area contributed by atoms with E-state index in [9.17, 15) is 9.90 Å². The number of benzene rings is 2. The van der Waals surface area contributed by atoms with Gasteiger partial charge in [-0.3, -0.25) is 4.98 Å². The molecule has 8 heteroatoms. The van der Waals surface area contributed by atoms with E-state index in [-0.39, 0.29) is 17.6 Å². The van der Waals surface area contributed by atoms with Crippen LogP contribution in [-0.4, -0.2) is 25.7 Å². The Morgan fingerprint density at radius 2 is 1.70 bits per heavy atom. The summed E-state index contributed by atoms with van der Waals surface area (Å²) in [6.07, 6.45) is 3.73. The summed E-state index contributed by atoms with van der Waals surface area (Å²) >= 11 is 11.9. The second kappa shape index (κ2) is 8.69. The van der Waals surface area contributed by atoms with Crippen molar-refractivity contribution >= 4 is 40.6 Å². The van der Waals surface area contributed by atoms with Crippen LogP contribution in [0.1, 0.15) is 33.8 Å². The van der Waals surface area contributed by atoms with Crippen LogP contribution in [0, 0.1) is 0 Å². The number of thiocarbonyl (C=S) groups is 1. The summed E-state index contributed by atoms with van der Waals surface area (Å²) in [4.78, 5) is 17.9. The fourth-order valence-electron chi connectivity index (χ4n) is 4.17. The van der Waals surface area contributed by atoms with Gasteiger partial charge < -0.3 is 19.9 Å². The van der Waals surface area contributed by atoms with Crippen molar-refractivity contribution in [3.8, 4) is 5.69 Å². The number of hydrogen-bond acceptors (Lipinski definition) is 3. The van der Waals surface area contributed by atoms with Crippen LogP contribution in [-0.2, 0) is 0 Å². The minimum atomic E-state index is -0.955. The number of carboxylic acids is 1. The van der Waals surface area contributed by atoms with Crippen molar-refractivity contribution in [3.63, 3.8) is 0 Å². The van der Waals surface area contributed by atoms with Crippen LogP contribution in [0.2, 0.25) is 5.02 Å². The zero-order valence-corrected chi connectivity index (χ0v) is 18.9. The first kappa shape index (κ1) is 21.2. The number of rotatable bonds is 5. The number of aromatic carboxylic acids is 1. The molecule has 1 aliphatic rings. The Balaban J connectivity index is 1.63. The van der Waals surface area contributed by atoms with Crippen LogP contribution < -0.4 is 10.2 Å². The summed E-state index contributed by atoms with van der Waals surface area (Å²) in [5.41, 5.74) is 3.86. The van der Waals surface area contributed by atoms with Gasteiger partial charge in [0.2, 0.25) is 0 Å². The van der Waals surface area contributed by atoms with Crippen molar-refractivity contribution in [2.45, 2.75) is 12.1 Å². The number of anilines is 1. The van der Waals surface area contributed by atoms with Crippen molar-refractivity contribution < 1.29 is 9.90 Å². The number of pyridine rings is 1. The molecule has 0 unspecified atom stereocenters. The molecule has 0 aliphatic carbocycles. The average molecular weight is 475 g/mol. The topological polar surface area (TPSA) is 70.4 Å². The molecule has 5 rings (SSSR count). The number of nitrogens with zero attached hydrogens (tertiary/aromatic N) is 3. The van der Waals surface area contributed by atoms with E-state index in [1.807, 2.05) is 65.4 Å². The monoisotopic (exact) mass is 474 g/mol. The molecule has 1 saturated heterocycles. The predicted molar refractivity (Wildman–Crippen MR) is 132 cm³/mol. The zero-order valence-electron chi connectivity index (χ0n) is 17.3. The minimum Gasteiger partial charge on any atom is -0.478 e. The Hall–Kier alpha value is -3.68. The van der Waals surface area contributed by atoms with E-state index in [2.05, 4.69) is 15.2 Å². The van der Waals surface area contributed by atoms with Gasteiger partial charge in [0.05, 0.1) is 17.3 Å². The van der Waals surface area contributed by atoms with Gasteiger partial charge in [0.1, 0.15) is 6.04 Å². The molecule has 164 valence electrons. The minimum absolute atomic E-state index is 0.193. The number of nitrogens with one attached hydrogen (secondary N) is 1. The van der Waals surface area contributed by atoms with Gasteiger partial charge in [0.15, 0.2) is 5.11 Å². The van der Waals surface area contributed by atoms with Gasteiger partial charge in [0, 0.05) is 34.5 Å². The maximum atomic E-state index is 11.3. The first-order valence-corrected chi connectivity index (χ1v) is 11.1. The van der Waals surface area contributed by atoms with E-state index in [1.54, 1.807) is 30.5 Å². The van der Waals surface area contributed by atoms with Gasteiger partial charge in [0.25, 0.3) is 0 Å². The molecular formula is C25H19ClN4O2S. The van der Waals surface area contributed by atoms with E-state index < -0.39 is 5.97 Å². The standard InChI is InChI=1S/C25H19ClN4O2S/c26-17-8-12-19(13-9-17)30-23(22(28-25(30)33)20-4-1-2-14-27-20)21-5-3-15-29(21)18-10-6-16(7-11-18)24(31)32/h1-15,22-23H,(H,28,33)(H,31,32)/t22-,23+/m0/s1. The van der Waals surface area contributed by atoms with E-state index >= 15 is 0 Å². The molecule has 1 aliphatic heterocycles. The smallest absolute Gasteiger partial charge is 0.335 e. The second-order valence-electron chi connectivity index (χ2n) is 7.63. The van der Waals surface area contributed by atoms with Gasteiger partial charge >= 0.3 is 5.97 Å². The zero-order chi connectivity index (χ0) is 22.9. The summed E-state index contributed by atoms with van der Waals surface area (Å²) in [6.45, 7) is 0. The molecular weight excluding hydrogens is 456 g/mol. The van der Waals surface area contributed by atoms with Crippen molar-refractivity contribution in [1.29, 1.82) is 0 Å². The first-order valence-electron chi connectivity index (χ1n) is 10.3. The fraction of sp³-hybridized carbons (Fsp3) is 0.0800. The highest BCUT2D eigenvalue weighted by Crippen LogP contribution is 2.42. The van der Waals surface area contributed by atoms with Gasteiger partial charge in [-0.25, -0.2) is 4.79 Å². The maximum absolute atomic E-state index is 11.3. The summed E-state index contributed by atoms with van der Waals surface area (Å²) in [5, 5.41) is 13.9. The Morgan fingerprint density at radius 1 is 0.970 bits per heavy atom. The molecule has 0 saturated carbocycles. The molecule has 2 aromatic carbocycles. The molecule has 2 N–H and O–H groups in total. The van der Waals surface area contributed by atoms with Gasteiger partial charge in [-0.1, -0.05) is 17.7 Å². The largest absolute Gasteiger partial charge is 0.478 e. The van der Waals surface area contributed by atoms with Crippen molar-refractivity contribution in [2.75, 3.05) is 4.90 Å². The predicted octanol–water partition coefficient (Wildman–Crippen LogP) is 5.40. The molecule has 33 heavy (non-hydrogen) atoms. The van der Waals surface area contributed by atoms with Crippen LogP contribution in [0.4, 0.5) is 5.69 Å². The van der Waals surface area contributed by atoms with Crippen LogP contribution in [0.3, 0.4) is 0 Å². The van der Waals surface area contributed by atoms with Crippen LogP contribution in [0.15, 0.2) is 91.3 Å². The number of halogens is 1. The molecule has 1 fully saturated rings. The van der Waals surface area contributed by atoms with E-state index in [0.29, 0.717) is 10.1 Å². The van der Waals surface area contributed by atoms with Crippen LogP contribution in [0.5, 0.6) is 0 Å². The average Bonchev–Trinajstić information content (AvgIpc) is 3.44. The molecule has 4 aromatic rings. The van der Waals surface area contributed by atoms with E-state index in [4.69, 9.17) is 23.8 Å². The lowest BCUT2D eigenvalue weighted by molar-refractivity contribution is 0.0697. The molecule has 2 aromatic heterocycles. The second-order valence-corrected chi connectivity index (χ2v) is 8.45. The highest BCUT2D eigenvalue weighted by Gasteiger charge is 2.42. The molecule has 2 atom stereocenters. The number of carboxylic acid groups (broad SMARTS) is 1. The van der Waals surface area contributed by atoms with Crippen LogP contribution >= 0.6 is 23.8 Å². The summed E-state index contributed by atoms with van der Waals surface area (Å²) in [6, 6.07) is 23.8. The number of hydrogen-bond donors (Lipinski definition) is 2. The van der Waals surface area contributed by atoms with Crippen molar-refractivity contribution in [2.24, 2.45) is 0 Å². The first-order chi connectivity index (χ1) is 16.0. The third-order valence-electron chi connectivity index (χ3n) is 5.68. The Labute approximate surface area is 201 Å². The lowest BCUT2D eigenvalue weighted by Gasteiger charge is -2.29. The lowest BCUT2D eigenvalue weighted by atomic mass is 10.0. The molecule has 0 radical (unpaired) electrons. The molecule has 3 heterocycles. The fourth-order valence-corrected chi connectivity index (χ4v) is 4.64. The van der Waals surface area contributed by atoms with Crippen molar-refractivity contribution in [3.05, 3.63) is 113 Å². The molecule has 0 spiro atoms. The quantitative estimate of drug-likeness (QED) is 0.377. The van der Waals surface area contributed by atoms with Gasteiger partial charge in [-0.2, -0.15) is 0 Å². The summed E-state index contributed by atoms with van der Waals surface area (Å²) in [7, 11) is 0. The van der Waals surface area contributed by atoms with Gasteiger partial charge in [-0.05, 0) is 85.0 Å². The Morgan fingerprint density at radius 3 is 2.36 bits per heavy atom. The number of carbonyl (C=O) groups is 1.